The van der Waals surface area contributed by atoms with Gasteiger partial charge < -0.3 is 18.6 Å². The van der Waals surface area contributed by atoms with Crippen LogP contribution in [0.15, 0.2) is 50.0 Å². The molecule has 1 aliphatic heterocycles. The smallest absolute Gasteiger partial charge is 0.309 e. The highest BCUT2D eigenvalue weighted by Gasteiger charge is 2.28. The number of carbonyl (C=O) groups excluding carboxylic acids is 1. The van der Waals surface area contributed by atoms with Crippen LogP contribution in [0.2, 0.25) is 0 Å². The van der Waals surface area contributed by atoms with Crippen LogP contribution in [0, 0.1) is 5.92 Å². The van der Waals surface area contributed by atoms with E-state index in [1.807, 2.05) is 41.1 Å². The third-order valence-corrected chi connectivity index (χ3v) is 5.65. The first-order valence-electron chi connectivity index (χ1n) is 9.38. The van der Waals surface area contributed by atoms with Crippen LogP contribution in [0.4, 0.5) is 6.01 Å². The number of para-hydroxylation sites is 2. The molecule has 29 heavy (non-hydrogen) atoms. The summed E-state index contributed by atoms with van der Waals surface area (Å²) in [5, 5.41) is 7.79. The van der Waals surface area contributed by atoms with Crippen LogP contribution in [0.1, 0.15) is 18.7 Å². The van der Waals surface area contributed by atoms with Gasteiger partial charge in [0.1, 0.15) is 5.52 Å². The molecular weight excluding hydrogens is 392 g/mol. The molecule has 1 fully saturated rings. The van der Waals surface area contributed by atoms with Gasteiger partial charge in [0.05, 0.1) is 5.92 Å². The highest BCUT2D eigenvalue weighted by Crippen LogP contribution is 2.27. The summed E-state index contributed by atoms with van der Waals surface area (Å²) in [7, 11) is 0. The lowest BCUT2D eigenvalue weighted by atomic mass is 9.97. The van der Waals surface area contributed by atoms with Gasteiger partial charge >= 0.3 is 5.97 Å². The zero-order chi connectivity index (χ0) is 19.6. The maximum atomic E-state index is 12.4. The minimum absolute atomic E-state index is 0.0126. The zero-order valence-electron chi connectivity index (χ0n) is 15.5. The highest BCUT2D eigenvalue weighted by atomic mass is 32.1. The molecule has 0 saturated carbocycles. The van der Waals surface area contributed by atoms with Crippen LogP contribution in [0.25, 0.3) is 22.5 Å². The van der Waals surface area contributed by atoms with Gasteiger partial charge in [-0.05, 0) is 36.4 Å². The van der Waals surface area contributed by atoms with E-state index in [-0.39, 0.29) is 18.5 Å². The molecule has 5 rings (SSSR count). The number of carbonyl (C=O) groups is 1. The van der Waals surface area contributed by atoms with Crippen molar-refractivity contribution in [2.45, 2.75) is 19.4 Å². The van der Waals surface area contributed by atoms with Crippen molar-refractivity contribution >= 4 is 34.4 Å². The quantitative estimate of drug-likeness (QED) is 0.457. The van der Waals surface area contributed by atoms with Crippen LogP contribution in [0.5, 0.6) is 0 Å². The lowest BCUT2D eigenvalue weighted by Crippen LogP contribution is -2.37. The molecule has 0 amide bonds. The van der Waals surface area contributed by atoms with Crippen molar-refractivity contribution in [2.24, 2.45) is 5.92 Å². The van der Waals surface area contributed by atoms with E-state index < -0.39 is 0 Å². The molecule has 0 N–H and O–H groups in total. The summed E-state index contributed by atoms with van der Waals surface area (Å²) >= 11 is 1.56. The molecule has 1 aromatic carbocycles. The summed E-state index contributed by atoms with van der Waals surface area (Å²) in [6.07, 6.45) is 1.36. The van der Waals surface area contributed by atoms with Gasteiger partial charge in [-0.15, -0.1) is 0 Å². The Balaban J connectivity index is 1.14. The van der Waals surface area contributed by atoms with E-state index in [2.05, 4.69) is 20.0 Å². The van der Waals surface area contributed by atoms with Crippen molar-refractivity contribution in [2.75, 3.05) is 18.0 Å². The van der Waals surface area contributed by atoms with Gasteiger partial charge in [0.2, 0.25) is 5.82 Å². The first-order valence-corrected chi connectivity index (χ1v) is 10.3. The van der Waals surface area contributed by atoms with Crippen molar-refractivity contribution in [1.82, 2.24) is 15.1 Å². The second-order valence-electron chi connectivity index (χ2n) is 6.86. The van der Waals surface area contributed by atoms with Crippen LogP contribution in [-0.4, -0.2) is 34.2 Å². The van der Waals surface area contributed by atoms with E-state index in [4.69, 9.17) is 13.7 Å². The topological polar surface area (TPSA) is 94.5 Å². The summed E-state index contributed by atoms with van der Waals surface area (Å²) in [5.41, 5.74) is 2.50. The molecule has 1 saturated heterocycles. The van der Waals surface area contributed by atoms with Gasteiger partial charge in [0, 0.05) is 24.0 Å². The van der Waals surface area contributed by atoms with Crippen LogP contribution in [-0.2, 0) is 16.1 Å². The number of hydrogen-bond donors (Lipinski definition) is 0. The maximum Gasteiger partial charge on any atom is 0.309 e. The van der Waals surface area contributed by atoms with E-state index in [0.29, 0.717) is 43.7 Å². The van der Waals surface area contributed by atoms with Crippen LogP contribution < -0.4 is 4.90 Å². The number of ether oxygens (including phenoxy) is 1. The van der Waals surface area contributed by atoms with Gasteiger partial charge in [-0.3, -0.25) is 4.79 Å². The number of rotatable bonds is 5. The number of hydrogen-bond acceptors (Lipinski definition) is 9. The van der Waals surface area contributed by atoms with E-state index in [1.54, 1.807) is 11.3 Å². The first-order chi connectivity index (χ1) is 14.3. The maximum absolute atomic E-state index is 12.4. The van der Waals surface area contributed by atoms with Gasteiger partial charge in [0.15, 0.2) is 12.2 Å². The van der Waals surface area contributed by atoms with Crippen molar-refractivity contribution in [3.05, 3.63) is 47.0 Å². The fraction of sp³-hybridized carbons (Fsp3) is 0.300. The van der Waals surface area contributed by atoms with Gasteiger partial charge in [-0.25, -0.2) is 0 Å². The van der Waals surface area contributed by atoms with Crippen molar-refractivity contribution in [3.8, 4) is 11.4 Å². The van der Waals surface area contributed by atoms with E-state index in [9.17, 15) is 4.79 Å². The van der Waals surface area contributed by atoms with Crippen molar-refractivity contribution < 1.29 is 18.5 Å². The Bertz CT molecular complexity index is 1080. The molecule has 1 aliphatic rings. The second kappa shape index (κ2) is 7.67. The molecular formula is C20H18N4O4S. The number of nitrogens with zero attached hydrogens (tertiary/aromatic N) is 4. The predicted molar refractivity (Wildman–Crippen MR) is 106 cm³/mol. The molecule has 4 heterocycles. The number of thiophene rings is 1. The Labute approximate surface area is 170 Å². The summed E-state index contributed by atoms with van der Waals surface area (Å²) < 4.78 is 16.4. The number of piperidine rings is 1. The summed E-state index contributed by atoms with van der Waals surface area (Å²) in [4.78, 5) is 23.3. The molecule has 3 aromatic heterocycles. The zero-order valence-corrected chi connectivity index (χ0v) is 16.3. The van der Waals surface area contributed by atoms with Crippen molar-refractivity contribution in [1.29, 1.82) is 0 Å². The Morgan fingerprint density at radius 2 is 2.07 bits per heavy atom. The van der Waals surface area contributed by atoms with Gasteiger partial charge in [-0.1, -0.05) is 17.3 Å². The van der Waals surface area contributed by atoms with Gasteiger partial charge in [0.25, 0.3) is 11.9 Å². The number of anilines is 1. The minimum Gasteiger partial charge on any atom is -0.455 e. The molecule has 4 aromatic rings. The number of oxazole rings is 1. The highest BCUT2D eigenvalue weighted by molar-refractivity contribution is 7.08. The predicted octanol–water partition coefficient (Wildman–Crippen LogP) is 3.90. The molecule has 8 nitrogen and oxygen atoms in total. The summed E-state index contributed by atoms with van der Waals surface area (Å²) in [5.74, 6) is 0.403. The molecule has 0 unspecified atom stereocenters. The summed E-state index contributed by atoms with van der Waals surface area (Å²) in [6, 6.07) is 10.2. The van der Waals surface area contributed by atoms with Gasteiger partial charge in [-0.2, -0.15) is 21.3 Å². The standard InChI is InChI=1S/C20H18N4O4S/c25-19(26-11-17-22-18(23-28-17)14-7-10-29-12-14)13-5-8-24(9-6-13)20-21-15-3-1-2-4-16(15)27-20/h1-4,7,10,12-13H,5-6,8-9,11H2. The fourth-order valence-electron chi connectivity index (χ4n) is 3.37. The fourth-order valence-corrected chi connectivity index (χ4v) is 4.01. The SMILES string of the molecule is O=C(OCc1nc(-c2ccsc2)no1)C1CCN(c2nc3ccccc3o2)CC1. The average Bonchev–Trinajstić information content (AvgIpc) is 3.52. The lowest BCUT2D eigenvalue weighted by molar-refractivity contribution is -0.151. The van der Waals surface area contributed by atoms with Crippen LogP contribution >= 0.6 is 11.3 Å². The molecule has 148 valence electrons. The molecule has 0 atom stereocenters. The first kappa shape index (κ1) is 17.9. The van der Waals surface area contributed by atoms with E-state index in [0.717, 1.165) is 16.7 Å². The normalized spacial score (nSPS) is 15.1. The van der Waals surface area contributed by atoms with E-state index >= 15 is 0 Å². The number of fused-ring (bicyclic) bond motifs is 1. The number of aromatic nitrogens is 3. The van der Waals surface area contributed by atoms with E-state index in [1.165, 1.54) is 0 Å². The Morgan fingerprint density at radius 3 is 2.86 bits per heavy atom. The molecule has 0 aliphatic carbocycles. The number of benzene rings is 1. The average molecular weight is 410 g/mol. The van der Waals surface area contributed by atoms with Crippen LogP contribution in [0.3, 0.4) is 0 Å². The largest absolute Gasteiger partial charge is 0.455 e. The minimum atomic E-state index is -0.238. The Kier molecular flexibility index (Phi) is 4.73. The summed E-state index contributed by atoms with van der Waals surface area (Å²) in [6.45, 7) is 1.37. The third kappa shape index (κ3) is 3.73. The molecule has 9 heteroatoms. The third-order valence-electron chi connectivity index (χ3n) is 4.97. The Morgan fingerprint density at radius 1 is 1.21 bits per heavy atom. The van der Waals surface area contributed by atoms with Crippen molar-refractivity contribution in [3.63, 3.8) is 0 Å². The Hall–Kier alpha value is -3.20. The monoisotopic (exact) mass is 410 g/mol. The molecule has 0 bridgehead atoms. The molecule has 0 radical (unpaired) electrons. The molecule has 0 spiro atoms. The lowest BCUT2D eigenvalue weighted by Gasteiger charge is -2.29. The second-order valence-corrected chi connectivity index (χ2v) is 7.64. The number of esters is 1.